The molecule has 0 atom stereocenters. The quantitative estimate of drug-likeness (QED) is 0.776. The molecule has 2 heterocycles. The molecule has 0 saturated heterocycles. The van der Waals surface area contributed by atoms with Crippen LogP contribution in [-0.4, -0.2) is 32.3 Å². The normalized spacial score (nSPS) is 10.4. The van der Waals surface area contributed by atoms with Gasteiger partial charge in [0.1, 0.15) is 17.2 Å². The van der Waals surface area contributed by atoms with Gasteiger partial charge in [-0.1, -0.05) is 5.16 Å². The van der Waals surface area contributed by atoms with E-state index in [1.807, 2.05) is 0 Å². The maximum absolute atomic E-state index is 9.92. The lowest BCUT2D eigenvalue weighted by Gasteiger charge is -2.02. The smallest absolute Gasteiger partial charge is 0.262 e. The molecule has 2 aromatic heterocycles. The van der Waals surface area contributed by atoms with Crippen molar-refractivity contribution in [2.24, 2.45) is 0 Å². The summed E-state index contributed by atoms with van der Waals surface area (Å²) >= 11 is 0. The molecule has 0 unspecified atom stereocenters. The molecule has 3 aromatic rings. The first-order valence-electron chi connectivity index (χ1n) is 5.75. The van der Waals surface area contributed by atoms with Crippen LogP contribution in [0.1, 0.15) is 0 Å². The van der Waals surface area contributed by atoms with E-state index in [0.29, 0.717) is 22.8 Å². The summed E-state index contributed by atoms with van der Waals surface area (Å²) in [4.78, 5) is 12.2. The van der Waals surface area contributed by atoms with E-state index in [4.69, 9.17) is 9.26 Å². The predicted octanol–water partition coefficient (Wildman–Crippen LogP) is 1.91. The van der Waals surface area contributed by atoms with E-state index in [0.717, 1.165) is 0 Å². The van der Waals surface area contributed by atoms with Crippen molar-refractivity contribution in [2.45, 2.75) is 0 Å². The molecule has 0 amide bonds. The first kappa shape index (κ1) is 12.1. The summed E-state index contributed by atoms with van der Waals surface area (Å²) in [6.07, 6.45) is 4.62. The number of phenolic OH excluding ortho intramolecular Hbond substituents is 1. The van der Waals surface area contributed by atoms with Gasteiger partial charge in [-0.05, 0) is 12.1 Å². The number of benzene rings is 1. The summed E-state index contributed by atoms with van der Waals surface area (Å²) in [5.74, 6) is 1.05. The zero-order valence-electron chi connectivity index (χ0n) is 10.5. The third-order valence-electron chi connectivity index (χ3n) is 2.65. The molecular formula is C13H10N4O3. The lowest BCUT2D eigenvalue weighted by atomic mass is 10.2. The second kappa shape index (κ2) is 4.96. The van der Waals surface area contributed by atoms with Crippen molar-refractivity contribution < 1.29 is 14.4 Å². The van der Waals surface area contributed by atoms with Gasteiger partial charge in [0.15, 0.2) is 0 Å². The number of rotatable bonds is 3. The van der Waals surface area contributed by atoms with E-state index >= 15 is 0 Å². The fraction of sp³-hybridized carbons (Fsp3) is 0.0769. The summed E-state index contributed by atoms with van der Waals surface area (Å²) in [6, 6.07) is 4.81. The predicted molar refractivity (Wildman–Crippen MR) is 69.0 cm³/mol. The Bertz CT molecular complexity index is 727. The maximum Gasteiger partial charge on any atom is 0.262 e. The second-order valence-electron chi connectivity index (χ2n) is 3.90. The number of methoxy groups -OCH3 is 1. The minimum Gasteiger partial charge on any atom is -0.507 e. The Morgan fingerprint density at radius 1 is 1.25 bits per heavy atom. The van der Waals surface area contributed by atoms with Gasteiger partial charge < -0.3 is 14.4 Å². The number of phenols is 1. The average Bonchev–Trinajstić information content (AvgIpc) is 2.97. The van der Waals surface area contributed by atoms with Crippen LogP contribution in [0, 0.1) is 0 Å². The molecular weight excluding hydrogens is 260 g/mol. The number of aromatic nitrogens is 4. The third-order valence-corrected chi connectivity index (χ3v) is 2.65. The van der Waals surface area contributed by atoms with Crippen molar-refractivity contribution in [3.8, 4) is 34.5 Å². The Morgan fingerprint density at radius 2 is 2.15 bits per heavy atom. The van der Waals surface area contributed by atoms with Gasteiger partial charge in [-0.25, -0.2) is 4.98 Å². The largest absolute Gasteiger partial charge is 0.507 e. The minimum absolute atomic E-state index is 0.00121. The van der Waals surface area contributed by atoms with Gasteiger partial charge in [-0.15, -0.1) is 0 Å². The SMILES string of the molecule is COc1ccc(-c2nc(-c3cnccn3)no2)c(O)c1. The highest BCUT2D eigenvalue weighted by molar-refractivity contribution is 5.65. The van der Waals surface area contributed by atoms with Gasteiger partial charge in [-0.3, -0.25) is 4.98 Å². The first-order valence-corrected chi connectivity index (χ1v) is 5.75. The fourth-order valence-corrected chi connectivity index (χ4v) is 1.67. The van der Waals surface area contributed by atoms with Crippen LogP contribution in [0.2, 0.25) is 0 Å². The zero-order valence-corrected chi connectivity index (χ0v) is 10.5. The number of ether oxygens (including phenoxy) is 1. The van der Waals surface area contributed by atoms with E-state index in [-0.39, 0.29) is 11.6 Å². The molecule has 0 aliphatic rings. The number of hydrogen-bond acceptors (Lipinski definition) is 7. The Hall–Kier alpha value is -2.96. The molecule has 0 aliphatic carbocycles. The van der Waals surface area contributed by atoms with Crippen molar-refractivity contribution in [3.05, 3.63) is 36.8 Å². The molecule has 0 bridgehead atoms. The summed E-state index contributed by atoms with van der Waals surface area (Å²) in [5.41, 5.74) is 0.920. The second-order valence-corrected chi connectivity index (χ2v) is 3.90. The molecule has 1 aromatic carbocycles. The lowest BCUT2D eigenvalue weighted by molar-refractivity contribution is 0.405. The average molecular weight is 270 g/mol. The standard InChI is InChI=1S/C13H10N4O3/c1-19-8-2-3-9(11(18)6-8)13-16-12(17-20-13)10-7-14-4-5-15-10/h2-7,18H,1H3. The fourth-order valence-electron chi connectivity index (χ4n) is 1.67. The molecule has 0 spiro atoms. The molecule has 20 heavy (non-hydrogen) atoms. The van der Waals surface area contributed by atoms with Gasteiger partial charge in [0.25, 0.3) is 5.89 Å². The van der Waals surface area contributed by atoms with Crippen LogP contribution in [0.3, 0.4) is 0 Å². The summed E-state index contributed by atoms with van der Waals surface area (Å²) < 4.78 is 10.1. The van der Waals surface area contributed by atoms with Crippen LogP contribution in [0.4, 0.5) is 0 Å². The molecule has 3 rings (SSSR count). The monoisotopic (exact) mass is 270 g/mol. The Kier molecular flexibility index (Phi) is 3.00. The Balaban J connectivity index is 1.98. The van der Waals surface area contributed by atoms with E-state index in [2.05, 4.69) is 20.1 Å². The van der Waals surface area contributed by atoms with Crippen molar-refractivity contribution in [1.82, 2.24) is 20.1 Å². The molecule has 100 valence electrons. The van der Waals surface area contributed by atoms with Crippen LogP contribution in [-0.2, 0) is 0 Å². The van der Waals surface area contributed by atoms with Crippen molar-refractivity contribution in [1.29, 1.82) is 0 Å². The molecule has 0 fully saturated rings. The molecule has 7 nitrogen and oxygen atoms in total. The number of aromatic hydroxyl groups is 1. The Morgan fingerprint density at radius 3 is 2.85 bits per heavy atom. The van der Waals surface area contributed by atoms with Gasteiger partial charge in [-0.2, -0.15) is 4.98 Å². The van der Waals surface area contributed by atoms with Gasteiger partial charge >= 0.3 is 0 Å². The molecule has 0 aliphatic heterocycles. The van der Waals surface area contributed by atoms with Gasteiger partial charge in [0.2, 0.25) is 5.82 Å². The van der Waals surface area contributed by atoms with E-state index in [1.54, 1.807) is 18.3 Å². The van der Waals surface area contributed by atoms with Crippen LogP contribution < -0.4 is 4.74 Å². The summed E-state index contributed by atoms with van der Waals surface area (Å²) in [5, 5.41) is 13.7. The third kappa shape index (κ3) is 2.16. The number of hydrogen-bond donors (Lipinski definition) is 1. The Labute approximate surface area is 113 Å². The minimum atomic E-state index is -0.00121. The van der Waals surface area contributed by atoms with E-state index in [9.17, 15) is 5.11 Å². The van der Waals surface area contributed by atoms with Crippen LogP contribution >= 0.6 is 0 Å². The first-order chi connectivity index (χ1) is 9.78. The molecule has 0 radical (unpaired) electrons. The van der Waals surface area contributed by atoms with Crippen LogP contribution in [0.25, 0.3) is 23.0 Å². The van der Waals surface area contributed by atoms with Crippen molar-refractivity contribution in [2.75, 3.05) is 7.11 Å². The summed E-state index contributed by atoms with van der Waals surface area (Å²) in [6.45, 7) is 0. The molecule has 7 heteroatoms. The lowest BCUT2D eigenvalue weighted by Crippen LogP contribution is -1.87. The highest BCUT2D eigenvalue weighted by Gasteiger charge is 2.15. The summed E-state index contributed by atoms with van der Waals surface area (Å²) in [7, 11) is 1.52. The molecule has 0 saturated carbocycles. The van der Waals surface area contributed by atoms with Crippen LogP contribution in [0.5, 0.6) is 11.5 Å². The van der Waals surface area contributed by atoms with Gasteiger partial charge in [0, 0.05) is 18.5 Å². The van der Waals surface area contributed by atoms with Crippen molar-refractivity contribution in [3.63, 3.8) is 0 Å². The van der Waals surface area contributed by atoms with Gasteiger partial charge in [0.05, 0.1) is 18.9 Å². The van der Waals surface area contributed by atoms with E-state index < -0.39 is 0 Å². The van der Waals surface area contributed by atoms with E-state index in [1.165, 1.54) is 25.6 Å². The highest BCUT2D eigenvalue weighted by Crippen LogP contribution is 2.32. The van der Waals surface area contributed by atoms with Crippen molar-refractivity contribution >= 4 is 0 Å². The number of nitrogens with zero attached hydrogens (tertiary/aromatic N) is 4. The highest BCUT2D eigenvalue weighted by atomic mass is 16.5. The topological polar surface area (TPSA) is 94.2 Å². The van der Waals surface area contributed by atoms with Crippen LogP contribution in [0.15, 0.2) is 41.3 Å². The maximum atomic E-state index is 9.92. The zero-order chi connectivity index (χ0) is 13.9. The molecule has 1 N–H and O–H groups in total.